The summed E-state index contributed by atoms with van der Waals surface area (Å²) in [4.78, 5) is 2.71. The van der Waals surface area contributed by atoms with Gasteiger partial charge in [-0.1, -0.05) is 20.8 Å². The van der Waals surface area contributed by atoms with Crippen LogP contribution in [0.15, 0.2) is 0 Å². The van der Waals surface area contributed by atoms with Crippen LogP contribution in [0.5, 0.6) is 0 Å². The predicted octanol–water partition coefficient (Wildman–Crippen LogP) is 2.84. The smallest absolute Gasteiger partial charge is 0.0161 e. The molecule has 0 aliphatic carbocycles. The third-order valence-electron chi connectivity index (χ3n) is 4.21. The Morgan fingerprint density at radius 3 is 2.65 bits per heavy atom. The van der Waals surface area contributed by atoms with Crippen LogP contribution in [0, 0.1) is 5.92 Å². The molecule has 3 heteroatoms. The molecule has 4 unspecified atom stereocenters. The summed E-state index contributed by atoms with van der Waals surface area (Å²) in [6.45, 7) is 14.0. The lowest BCUT2D eigenvalue weighted by molar-refractivity contribution is 0.0612. The number of hydrogen-bond acceptors (Lipinski definition) is 3. The van der Waals surface area contributed by atoms with Crippen LogP contribution >= 0.6 is 11.8 Å². The molecule has 1 saturated heterocycles. The minimum atomic E-state index is 0.709. The molecular weight excluding hydrogens is 228 g/mol. The van der Waals surface area contributed by atoms with Crippen LogP contribution in [-0.2, 0) is 0 Å². The Morgan fingerprint density at radius 2 is 2.06 bits per heavy atom. The number of thioether (sulfide) groups is 1. The molecule has 1 fully saturated rings. The van der Waals surface area contributed by atoms with Crippen molar-refractivity contribution >= 4 is 11.8 Å². The fourth-order valence-electron chi connectivity index (χ4n) is 2.95. The second-order valence-electron chi connectivity index (χ2n) is 5.30. The molecule has 2 nitrogen and oxygen atoms in total. The molecule has 102 valence electrons. The molecule has 0 aromatic heterocycles. The average molecular weight is 258 g/mol. The molecule has 1 aliphatic rings. The molecule has 1 rings (SSSR count). The molecular formula is C14H30N2S. The summed E-state index contributed by atoms with van der Waals surface area (Å²) in [5.41, 5.74) is 0. The molecule has 0 radical (unpaired) electrons. The zero-order valence-corrected chi connectivity index (χ0v) is 13.0. The van der Waals surface area contributed by atoms with Gasteiger partial charge < -0.3 is 5.32 Å². The molecule has 0 spiro atoms. The van der Waals surface area contributed by atoms with Gasteiger partial charge in [0.2, 0.25) is 0 Å². The van der Waals surface area contributed by atoms with Gasteiger partial charge in [-0.05, 0) is 38.5 Å². The van der Waals surface area contributed by atoms with Crippen molar-refractivity contribution in [3.05, 3.63) is 0 Å². The van der Waals surface area contributed by atoms with Gasteiger partial charge in [0.25, 0.3) is 0 Å². The third-order valence-corrected chi connectivity index (χ3v) is 5.34. The van der Waals surface area contributed by atoms with E-state index in [2.05, 4.69) is 56.6 Å². The fraction of sp³-hybridized carbons (Fsp3) is 1.00. The molecule has 0 saturated carbocycles. The van der Waals surface area contributed by atoms with Crippen molar-refractivity contribution in [1.29, 1.82) is 0 Å². The minimum absolute atomic E-state index is 0.709. The molecule has 0 bridgehead atoms. The van der Waals surface area contributed by atoms with E-state index in [0.717, 1.165) is 24.5 Å². The fourth-order valence-corrected chi connectivity index (χ4v) is 3.72. The Labute approximate surface area is 112 Å². The van der Waals surface area contributed by atoms with Gasteiger partial charge in [0.1, 0.15) is 0 Å². The molecule has 1 aliphatic heterocycles. The lowest BCUT2D eigenvalue weighted by atomic mass is 9.86. The van der Waals surface area contributed by atoms with E-state index in [9.17, 15) is 0 Å². The topological polar surface area (TPSA) is 15.3 Å². The summed E-state index contributed by atoms with van der Waals surface area (Å²) in [7, 11) is 0. The molecule has 1 N–H and O–H groups in total. The van der Waals surface area contributed by atoms with Crippen molar-refractivity contribution in [2.45, 2.75) is 59.2 Å². The van der Waals surface area contributed by atoms with Crippen molar-refractivity contribution in [2.24, 2.45) is 5.92 Å². The van der Waals surface area contributed by atoms with E-state index in [1.54, 1.807) is 0 Å². The van der Waals surface area contributed by atoms with E-state index >= 15 is 0 Å². The highest BCUT2D eigenvalue weighted by molar-refractivity contribution is 7.99. The first-order valence-corrected chi connectivity index (χ1v) is 8.34. The van der Waals surface area contributed by atoms with Crippen LogP contribution in [0.2, 0.25) is 0 Å². The van der Waals surface area contributed by atoms with Crippen LogP contribution < -0.4 is 5.32 Å². The Hall–Kier alpha value is 0.270. The Balaban J connectivity index is 2.49. The minimum Gasteiger partial charge on any atom is -0.314 e. The summed E-state index contributed by atoms with van der Waals surface area (Å²) in [6, 6.07) is 2.15. The summed E-state index contributed by atoms with van der Waals surface area (Å²) in [5.74, 6) is 3.28. The second kappa shape index (κ2) is 7.65. The number of hydrogen-bond donors (Lipinski definition) is 1. The summed E-state index contributed by atoms with van der Waals surface area (Å²) in [5, 5.41) is 3.64. The lowest BCUT2D eigenvalue weighted by Gasteiger charge is -2.45. The monoisotopic (exact) mass is 258 g/mol. The van der Waals surface area contributed by atoms with E-state index in [0.29, 0.717) is 6.04 Å². The highest BCUT2D eigenvalue weighted by Crippen LogP contribution is 2.26. The van der Waals surface area contributed by atoms with Gasteiger partial charge in [-0.2, -0.15) is 11.8 Å². The van der Waals surface area contributed by atoms with Crippen LogP contribution in [-0.4, -0.2) is 47.6 Å². The summed E-state index contributed by atoms with van der Waals surface area (Å²) < 4.78 is 0. The second-order valence-corrected chi connectivity index (χ2v) is 6.62. The predicted molar refractivity (Wildman–Crippen MR) is 79.9 cm³/mol. The van der Waals surface area contributed by atoms with Crippen LogP contribution in [0.3, 0.4) is 0 Å². The zero-order valence-electron chi connectivity index (χ0n) is 12.2. The maximum atomic E-state index is 3.64. The van der Waals surface area contributed by atoms with Crippen molar-refractivity contribution in [1.82, 2.24) is 10.2 Å². The van der Waals surface area contributed by atoms with Gasteiger partial charge in [-0.15, -0.1) is 0 Å². The number of piperidine rings is 1. The van der Waals surface area contributed by atoms with E-state index in [1.807, 2.05) is 0 Å². The molecule has 17 heavy (non-hydrogen) atoms. The van der Waals surface area contributed by atoms with Gasteiger partial charge in [0.15, 0.2) is 0 Å². The summed E-state index contributed by atoms with van der Waals surface area (Å²) >= 11 is 2.07. The van der Waals surface area contributed by atoms with Crippen LogP contribution in [0.25, 0.3) is 0 Å². The van der Waals surface area contributed by atoms with E-state index in [1.165, 1.54) is 24.5 Å². The first-order valence-electron chi connectivity index (χ1n) is 7.18. The standard InChI is InChI=1S/C14H30N2S/c1-6-15-14-8-9-16(13(5)12(14)4)11(3)10-17-7-2/h11-15H,6-10H2,1-5H3. The molecule has 0 aromatic carbocycles. The van der Waals surface area contributed by atoms with E-state index in [-0.39, 0.29) is 0 Å². The SMILES string of the molecule is CCNC1CCN(C(C)CSCC)C(C)C1C. The molecule has 4 atom stereocenters. The Morgan fingerprint density at radius 1 is 1.35 bits per heavy atom. The normalized spacial score (nSPS) is 32.6. The zero-order chi connectivity index (χ0) is 12.8. The highest BCUT2D eigenvalue weighted by atomic mass is 32.2. The quantitative estimate of drug-likeness (QED) is 0.789. The van der Waals surface area contributed by atoms with E-state index < -0.39 is 0 Å². The van der Waals surface area contributed by atoms with Crippen molar-refractivity contribution in [2.75, 3.05) is 24.6 Å². The van der Waals surface area contributed by atoms with Gasteiger partial charge in [0, 0.05) is 30.4 Å². The van der Waals surface area contributed by atoms with Gasteiger partial charge >= 0.3 is 0 Å². The third kappa shape index (κ3) is 4.15. The van der Waals surface area contributed by atoms with Crippen molar-refractivity contribution in [3.8, 4) is 0 Å². The van der Waals surface area contributed by atoms with Gasteiger partial charge in [-0.25, -0.2) is 0 Å². The number of rotatable bonds is 6. The Bertz CT molecular complexity index is 210. The molecule has 0 amide bonds. The number of nitrogens with zero attached hydrogens (tertiary/aromatic N) is 1. The summed E-state index contributed by atoms with van der Waals surface area (Å²) in [6.07, 6.45) is 1.31. The van der Waals surface area contributed by atoms with Crippen molar-refractivity contribution in [3.63, 3.8) is 0 Å². The first-order chi connectivity index (χ1) is 8.11. The van der Waals surface area contributed by atoms with Gasteiger partial charge in [-0.3, -0.25) is 4.90 Å². The number of nitrogens with one attached hydrogen (secondary N) is 1. The maximum Gasteiger partial charge on any atom is 0.0161 e. The van der Waals surface area contributed by atoms with E-state index in [4.69, 9.17) is 0 Å². The van der Waals surface area contributed by atoms with Gasteiger partial charge in [0.05, 0.1) is 0 Å². The Kier molecular flexibility index (Phi) is 6.90. The van der Waals surface area contributed by atoms with Crippen LogP contribution in [0.4, 0.5) is 0 Å². The lowest BCUT2D eigenvalue weighted by Crippen LogP contribution is -2.56. The highest BCUT2D eigenvalue weighted by Gasteiger charge is 2.33. The number of likely N-dealkylation sites (tertiary alicyclic amines) is 1. The molecule has 1 heterocycles. The van der Waals surface area contributed by atoms with Crippen LogP contribution in [0.1, 0.15) is 41.0 Å². The molecule has 0 aromatic rings. The maximum absolute atomic E-state index is 3.64. The first kappa shape index (κ1) is 15.3. The van der Waals surface area contributed by atoms with Crippen molar-refractivity contribution < 1.29 is 0 Å². The average Bonchev–Trinajstić information content (AvgIpc) is 2.32. The largest absolute Gasteiger partial charge is 0.314 e.